The van der Waals surface area contributed by atoms with E-state index >= 15 is 0 Å². The van der Waals surface area contributed by atoms with Crippen LogP contribution in [-0.4, -0.2) is 11.0 Å². The SMILES string of the molecule is C#CC(C)Nc1cccc(Cl)n1. The van der Waals surface area contributed by atoms with Crippen LogP contribution >= 0.6 is 11.6 Å². The van der Waals surface area contributed by atoms with Gasteiger partial charge in [-0.25, -0.2) is 4.98 Å². The van der Waals surface area contributed by atoms with E-state index < -0.39 is 0 Å². The highest BCUT2D eigenvalue weighted by Crippen LogP contribution is 2.09. The van der Waals surface area contributed by atoms with Gasteiger partial charge in [-0.3, -0.25) is 0 Å². The molecule has 0 fully saturated rings. The number of halogens is 1. The molecule has 3 heteroatoms. The molecule has 0 aliphatic rings. The molecular weight excluding hydrogens is 172 g/mol. The average Bonchev–Trinajstić information content (AvgIpc) is 2.04. The van der Waals surface area contributed by atoms with E-state index in [9.17, 15) is 0 Å². The zero-order valence-corrected chi connectivity index (χ0v) is 7.47. The molecule has 0 amide bonds. The monoisotopic (exact) mass is 180 g/mol. The van der Waals surface area contributed by atoms with Crippen LogP contribution in [0.5, 0.6) is 0 Å². The van der Waals surface area contributed by atoms with Crippen LogP contribution in [0.15, 0.2) is 18.2 Å². The average molecular weight is 181 g/mol. The first-order chi connectivity index (χ1) is 5.72. The summed E-state index contributed by atoms with van der Waals surface area (Å²) in [5.41, 5.74) is 0. The van der Waals surface area contributed by atoms with Crippen LogP contribution in [0.1, 0.15) is 6.92 Å². The van der Waals surface area contributed by atoms with E-state index in [1.54, 1.807) is 6.07 Å². The van der Waals surface area contributed by atoms with Gasteiger partial charge in [-0.15, -0.1) is 6.42 Å². The van der Waals surface area contributed by atoms with E-state index in [1.807, 2.05) is 19.1 Å². The molecule has 1 N–H and O–H groups in total. The Balaban J connectivity index is 2.71. The second-order valence-electron chi connectivity index (χ2n) is 2.38. The molecule has 2 nitrogen and oxygen atoms in total. The first kappa shape index (κ1) is 8.89. The van der Waals surface area contributed by atoms with Crippen molar-refractivity contribution in [2.45, 2.75) is 13.0 Å². The standard InChI is InChI=1S/C9H9ClN2/c1-3-7(2)11-9-6-4-5-8(10)12-9/h1,4-7H,2H3,(H,11,12). The summed E-state index contributed by atoms with van der Waals surface area (Å²) in [7, 11) is 0. The minimum Gasteiger partial charge on any atom is -0.357 e. The topological polar surface area (TPSA) is 24.9 Å². The predicted octanol–water partition coefficient (Wildman–Crippen LogP) is 2.17. The Hall–Kier alpha value is -1.20. The number of terminal acetylenes is 1. The van der Waals surface area contributed by atoms with Crippen LogP contribution in [0, 0.1) is 12.3 Å². The molecule has 0 aliphatic carbocycles. The zero-order valence-electron chi connectivity index (χ0n) is 6.71. The molecule has 62 valence electrons. The molecule has 1 rings (SSSR count). The summed E-state index contributed by atoms with van der Waals surface area (Å²) in [6.45, 7) is 1.88. The summed E-state index contributed by atoms with van der Waals surface area (Å²) in [4.78, 5) is 4.02. The highest BCUT2D eigenvalue weighted by atomic mass is 35.5. The third-order valence-electron chi connectivity index (χ3n) is 1.33. The first-order valence-corrected chi connectivity index (χ1v) is 3.95. The van der Waals surface area contributed by atoms with Crippen molar-refractivity contribution in [1.82, 2.24) is 4.98 Å². The Morgan fingerprint density at radius 2 is 2.42 bits per heavy atom. The number of aromatic nitrogens is 1. The second-order valence-corrected chi connectivity index (χ2v) is 2.77. The Morgan fingerprint density at radius 3 is 3.00 bits per heavy atom. The summed E-state index contributed by atoms with van der Waals surface area (Å²) >= 11 is 5.67. The third kappa shape index (κ3) is 2.44. The van der Waals surface area contributed by atoms with E-state index in [0.29, 0.717) is 11.0 Å². The van der Waals surface area contributed by atoms with Gasteiger partial charge in [-0.05, 0) is 19.1 Å². The van der Waals surface area contributed by atoms with E-state index in [1.165, 1.54) is 0 Å². The van der Waals surface area contributed by atoms with Gasteiger partial charge in [0, 0.05) is 0 Å². The minimum absolute atomic E-state index is 0.0315. The van der Waals surface area contributed by atoms with Gasteiger partial charge >= 0.3 is 0 Å². The third-order valence-corrected chi connectivity index (χ3v) is 1.54. The minimum atomic E-state index is -0.0315. The number of nitrogens with one attached hydrogen (secondary N) is 1. The van der Waals surface area contributed by atoms with Gasteiger partial charge < -0.3 is 5.32 Å². The maximum absolute atomic E-state index is 5.67. The van der Waals surface area contributed by atoms with Gasteiger partial charge in [0.25, 0.3) is 0 Å². The van der Waals surface area contributed by atoms with Crippen LogP contribution < -0.4 is 5.32 Å². The second kappa shape index (κ2) is 3.99. The van der Waals surface area contributed by atoms with E-state index in [0.717, 1.165) is 0 Å². The fraction of sp³-hybridized carbons (Fsp3) is 0.222. The Bertz CT molecular complexity index is 304. The number of hydrogen-bond acceptors (Lipinski definition) is 2. The lowest BCUT2D eigenvalue weighted by atomic mass is 10.3. The number of nitrogens with zero attached hydrogens (tertiary/aromatic N) is 1. The molecule has 1 atom stereocenters. The summed E-state index contributed by atoms with van der Waals surface area (Å²) in [6, 6.07) is 5.32. The molecule has 0 spiro atoms. The normalized spacial score (nSPS) is 11.8. The summed E-state index contributed by atoms with van der Waals surface area (Å²) in [5.74, 6) is 3.24. The van der Waals surface area contributed by atoms with Gasteiger partial charge in [0.05, 0.1) is 6.04 Å². The fourth-order valence-electron chi connectivity index (χ4n) is 0.752. The summed E-state index contributed by atoms with van der Waals surface area (Å²) in [5, 5.41) is 3.46. The van der Waals surface area contributed by atoms with Crippen LogP contribution in [-0.2, 0) is 0 Å². The fourth-order valence-corrected chi connectivity index (χ4v) is 0.916. The highest BCUT2D eigenvalue weighted by Gasteiger charge is 1.97. The first-order valence-electron chi connectivity index (χ1n) is 3.57. The molecule has 1 aromatic heterocycles. The molecule has 1 aromatic rings. The van der Waals surface area contributed by atoms with Crippen LogP contribution in [0.25, 0.3) is 0 Å². The highest BCUT2D eigenvalue weighted by molar-refractivity contribution is 6.29. The quantitative estimate of drug-likeness (QED) is 0.558. The number of anilines is 1. The largest absolute Gasteiger partial charge is 0.357 e. The predicted molar refractivity (Wildman–Crippen MR) is 51.2 cm³/mol. The Labute approximate surface area is 77.0 Å². The zero-order chi connectivity index (χ0) is 8.97. The van der Waals surface area contributed by atoms with Crippen molar-refractivity contribution in [2.24, 2.45) is 0 Å². The molecule has 12 heavy (non-hydrogen) atoms. The van der Waals surface area contributed by atoms with Crippen molar-refractivity contribution in [3.63, 3.8) is 0 Å². The van der Waals surface area contributed by atoms with E-state index in [2.05, 4.69) is 16.2 Å². The number of pyridine rings is 1. The molecule has 0 bridgehead atoms. The summed E-state index contributed by atoms with van der Waals surface area (Å²) in [6.07, 6.45) is 5.18. The maximum atomic E-state index is 5.67. The van der Waals surface area contributed by atoms with Crippen molar-refractivity contribution < 1.29 is 0 Å². The number of hydrogen-bond donors (Lipinski definition) is 1. The van der Waals surface area contributed by atoms with Gasteiger partial charge in [0.2, 0.25) is 0 Å². The molecule has 1 heterocycles. The number of rotatable bonds is 2. The molecule has 0 aliphatic heterocycles. The van der Waals surface area contributed by atoms with Crippen molar-refractivity contribution >= 4 is 17.4 Å². The van der Waals surface area contributed by atoms with Crippen molar-refractivity contribution in [3.8, 4) is 12.3 Å². The van der Waals surface area contributed by atoms with Crippen LogP contribution in [0.3, 0.4) is 0 Å². The lowest BCUT2D eigenvalue weighted by molar-refractivity contribution is 1.01. The van der Waals surface area contributed by atoms with Gasteiger partial charge in [-0.1, -0.05) is 23.6 Å². The molecule has 0 saturated carbocycles. The smallest absolute Gasteiger partial charge is 0.131 e. The molecule has 1 unspecified atom stereocenters. The molecule has 0 saturated heterocycles. The lowest BCUT2D eigenvalue weighted by Crippen LogP contribution is -2.12. The molecule has 0 radical (unpaired) electrons. The van der Waals surface area contributed by atoms with Crippen LogP contribution in [0.2, 0.25) is 5.15 Å². The van der Waals surface area contributed by atoms with Gasteiger partial charge in [-0.2, -0.15) is 0 Å². The van der Waals surface area contributed by atoms with E-state index in [4.69, 9.17) is 18.0 Å². The summed E-state index contributed by atoms with van der Waals surface area (Å²) < 4.78 is 0. The molecule has 0 aromatic carbocycles. The van der Waals surface area contributed by atoms with Gasteiger partial charge in [0.15, 0.2) is 0 Å². The Kier molecular flexibility index (Phi) is 2.95. The van der Waals surface area contributed by atoms with E-state index in [-0.39, 0.29) is 6.04 Å². The Morgan fingerprint density at radius 1 is 1.67 bits per heavy atom. The lowest BCUT2D eigenvalue weighted by Gasteiger charge is -2.07. The molecular formula is C9H9ClN2. The van der Waals surface area contributed by atoms with Crippen molar-refractivity contribution in [3.05, 3.63) is 23.4 Å². The maximum Gasteiger partial charge on any atom is 0.131 e. The van der Waals surface area contributed by atoms with Crippen LogP contribution in [0.4, 0.5) is 5.82 Å². The van der Waals surface area contributed by atoms with Crippen molar-refractivity contribution in [1.29, 1.82) is 0 Å². The van der Waals surface area contributed by atoms with Gasteiger partial charge in [0.1, 0.15) is 11.0 Å². The van der Waals surface area contributed by atoms with Crippen molar-refractivity contribution in [2.75, 3.05) is 5.32 Å².